The van der Waals surface area contributed by atoms with Crippen molar-refractivity contribution in [3.05, 3.63) is 64.1 Å². The first-order chi connectivity index (χ1) is 9.99. The van der Waals surface area contributed by atoms with Gasteiger partial charge in [-0.05, 0) is 23.8 Å². The summed E-state index contributed by atoms with van der Waals surface area (Å²) in [4.78, 5) is 23.3. The van der Waals surface area contributed by atoms with Crippen LogP contribution in [-0.2, 0) is 4.79 Å². The van der Waals surface area contributed by atoms with Gasteiger partial charge in [0.15, 0.2) is 0 Å². The molecule has 0 saturated heterocycles. The van der Waals surface area contributed by atoms with Crippen LogP contribution in [0.4, 0.5) is 5.69 Å². The van der Waals surface area contributed by atoms with E-state index < -0.39 is 17.9 Å². The van der Waals surface area contributed by atoms with E-state index in [4.69, 9.17) is 10.8 Å². The first kappa shape index (κ1) is 15.2. The Balaban J connectivity index is 2.22. The first-order valence-electron chi connectivity index (χ1n) is 6.13. The highest BCUT2D eigenvalue weighted by Crippen LogP contribution is 2.22. The van der Waals surface area contributed by atoms with Crippen molar-refractivity contribution in [2.45, 2.75) is 6.04 Å². The summed E-state index contributed by atoms with van der Waals surface area (Å²) in [7, 11) is 0. The minimum absolute atomic E-state index is 0.00186. The van der Waals surface area contributed by atoms with Crippen LogP contribution in [0.1, 0.15) is 22.0 Å². The average molecular weight is 349 g/mol. The van der Waals surface area contributed by atoms with E-state index in [1.54, 1.807) is 30.3 Å². The van der Waals surface area contributed by atoms with Gasteiger partial charge in [0.2, 0.25) is 5.91 Å². The van der Waals surface area contributed by atoms with E-state index in [1.807, 2.05) is 6.07 Å². The Morgan fingerprint density at radius 2 is 1.81 bits per heavy atom. The van der Waals surface area contributed by atoms with Crippen LogP contribution in [0.25, 0.3) is 0 Å². The number of carboxylic acid groups (broad SMARTS) is 1. The van der Waals surface area contributed by atoms with Crippen molar-refractivity contribution in [3.63, 3.8) is 0 Å². The predicted molar refractivity (Wildman–Crippen MR) is 83.1 cm³/mol. The van der Waals surface area contributed by atoms with Crippen LogP contribution in [0.3, 0.4) is 0 Å². The Morgan fingerprint density at radius 3 is 2.43 bits per heavy atom. The molecule has 1 amide bonds. The minimum atomic E-state index is -1.13. The summed E-state index contributed by atoms with van der Waals surface area (Å²) in [5.41, 5.74) is 6.74. The predicted octanol–water partition coefficient (Wildman–Crippen LogP) is 2.79. The van der Waals surface area contributed by atoms with Crippen molar-refractivity contribution in [3.8, 4) is 0 Å². The van der Waals surface area contributed by atoms with E-state index in [-0.39, 0.29) is 11.3 Å². The summed E-state index contributed by atoms with van der Waals surface area (Å²) in [6, 6.07) is 12.6. The van der Waals surface area contributed by atoms with E-state index in [0.717, 1.165) is 0 Å². The molecule has 2 aromatic rings. The molecule has 2 rings (SSSR count). The fourth-order valence-electron chi connectivity index (χ4n) is 1.82. The van der Waals surface area contributed by atoms with Gasteiger partial charge in [0.05, 0.1) is 11.3 Å². The summed E-state index contributed by atoms with van der Waals surface area (Å²) in [6.07, 6.45) is 0. The van der Waals surface area contributed by atoms with Crippen molar-refractivity contribution in [1.82, 2.24) is 0 Å². The van der Waals surface area contributed by atoms with E-state index in [9.17, 15) is 9.59 Å². The molecule has 4 N–H and O–H groups in total. The largest absolute Gasteiger partial charge is 0.478 e. The van der Waals surface area contributed by atoms with Crippen LogP contribution in [0.2, 0.25) is 0 Å². The third kappa shape index (κ3) is 3.68. The fourth-order valence-corrected chi connectivity index (χ4v) is 2.19. The lowest BCUT2D eigenvalue weighted by Crippen LogP contribution is -2.28. The van der Waals surface area contributed by atoms with Crippen LogP contribution >= 0.6 is 15.9 Å². The number of nitrogens with two attached hydrogens (primary N) is 1. The van der Waals surface area contributed by atoms with Crippen molar-refractivity contribution in [2.24, 2.45) is 5.73 Å². The number of nitrogens with one attached hydrogen (secondary N) is 1. The fraction of sp³-hybridized carbons (Fsp3) is 0.0667. The molecule has 0 fully saturated rings. The highest BCUT2D eigenvalue weighted by atomic mass is 79.9. The zero-order valence-electron chi connectivity index (χ0n) is 10.9. The molecule has 5 nitrogen and oxygen atoms in total. The van der Waals surface area contributed by atoms with Gasteiger partial charge in [-0.2, -0.15) is 0 Å². The zero-order valence-corrected chi connectivity index (χ0v) is 12.5. The monoisotopic (exact) mass is 348 g/mol. The number of aromatic carboxylic acids is 1. The number of rotatable bonds is 4. The first-order valence-corrected chi connectivity index (χ1v) is 6.92. The summed E-state index contributed by atoms with van der Waals surface area (Å²) in [6.45, 7) is 0. The summed E-state index contributed by atoms with van der Waals surface area (Å²) < 4.78 is 0.616. The number of carbonyl (C=O) groups excluding carboxylic acids is 1. The molecule has 0 unspecified atom stereocenters. The molecule has 21 heavy (non-hydrogen) atoms. The second kappa shape index (κ2) is 6.51. The topological polar surface area (TPSA) is 92.4 Å². The minimum Gasteiger partial charge on any atom is -0.478 e. The van der Waals surface area contributed by atoms with Crippen LogP contribution in [0.5, 0.6) is 0 Å². The molecule has 1 atom stereocenters. The van der Waals surface area contributed by atoms with Gasteiger partial charge in [0.1, 0.15) is 6.04 Å². The lowest BCUT2D eigenvalue weighted by atomic mass is 10.1. The number of amides is 1. The third-order valence-corrected chi connectivity index (χ3v) is 3.40. The molecule has 0 spiro atoms. The Hall–Kier alpha value is -2.18. The molecule has 0 radical (unpaired) electrons. The third-order valence-electron chi connectivity index (χ3n) is 2.91. The quantitative estimate of drug-likeness (QED) is 0.791. The summed E-state index contributed by atoms with van der Waals surface area (Å²) in [5, 5.41) is 11.7. The number of carbonyl (C=O) groups is 2. The molecule has 0 aromatic heterocycles. The molecular weight excluding hydrogens is 336 g/mol. The van der Waals surface area contributed by atoms with E-state index in [1.165, 1.54) is 12.1 Å². The average Bonchev–Trinajstić information content (AvgIpc) is 2.49. The van der Waals surface area contributed by atoms with Crippen LogP contribution < -0.4 is 11.1 Å². The summed E-state index contributed by atoms with van der Waals surface area (Å²) >= 11 is 3.20. The number of hydrogen-bond donors (Lipinski definition) is 3. The molecular formula is C15H13BrN2O3. The van der Waals surface area contributed by atoms with Crippen LogP contribution in [0, 0.1) is 0 Å². The smallest absolute Gasteiger partial charge is 0.337 e. The Bertz CT molecular complexity index is 674. The van der Waals surface area contributed by atoms with Gasteiger partial charge in [0, 0.05) is 4.47 Å². The highest BCUT2D eigenvalue weighted by molar-refractivity contribution is 9.10. The van der Waals surface area contributed by atoms with Gasteiger partial charge >= 0.3 is 5.97 Å². The standard InChI is InChI=1S/C15H13BrN2O3/c16-10-6-7-12(11(8-10)15(20)21)18-14(19)13(17)9-4-2-1-3-5-9/h1-8,13H,17H2,(H,18,19)(H,20,21)/t13-/m1/s1. The van der Waals surface area contributed by atoms with Crippen molar-refractivity contribution in [1.29, 1.82) is 0 Å². The SMILES string of the molecule is N[C@@H](C(=O)Nc1ccc(Br)cc1C(=O)O)c1ccccc1. The van der Waals surface area contributed by atoms with Crippen molar-refractivity contribution < 1.29 is 14.7 Å². The van der Waals surface area contributed by atoms with Gasteiger partial charge in [-0.15, -0.1) is 0 Å². The maximum atomic E-state index is 12.1. The second-order valence-electron chi connectivity index (χ2n) is 4.37. The van der Waals surface area contributed by atoms with Crippen molar-refractivity contribution in [2.75, 3.05) is 5.32 Å². The van der Waals surface area contributed by atoms with Gasteiger partial charge in [-0.1, -0.05) is 46.3 Å². The van der Waals surface area contributed by atoms with E-state index in [2.05, 4.69) is 21.2 Å². The summed E-state index contributed by atoms with van der Waals surface area (Å²) in [5.74, 6) is -1.59. The normalized spacial score (nSPS) is 11.7. The number of anilines is 1. The number of carboxylic acids is 1. The Morgan fingerprint density at radius 1 is 1.14 bits per heavy atom. The molecule has 0 heterocycles. The Kier molecular flexibility index (Phi) is 4.72. The second-order valence-corrected chi connectivity index (χ2v) is 5.29. The van der Waals surface area contributed by atoms with E-state index in [0.29, 0.717) is 10.0 Å². The Labute approximate surface area is 129 Å². The molecule has 0 bridgehead atoms. The number of benzene rings is 2. The van der Waals surface area contributed by atoms with E-state index >= 15 is 0 Å². The van der Waals surface area contributed by atoms with Gasteiger partial charge in [0.25, 0.3) is 0 Å². The maximum absolute atomic E-state index is 12.1. The number of hydrogen-bond acceptors (Lipinski definition) is 3. The van der Waals surface area contributed by atoms with Gasteiger partial charge < -0.3 is 16.2 Å². The zero-order chi connectivity index (χ0) is 15.4. The molecule has 108 valence electrons. The highest BCUT2D eigenvalue weighted by Gasteiger charge is 2.18. The van der Waals surface area contributed by atoms with Gasteiger partial charge in [-0.3, -0.25) is 4.79 Å². The lowest BCUT2D eigenvalue weighted by Gasteiger charge is -2.14. The lowest BCUT2D eigenvalue weighted by molar-refractivity contribution is -0.117. The molecule has 0 aliphatic rings. The number of halogens is 1. The molecule has 0 aliphatic carbocycles. The van der Waals surface area contributed by atoms with Gasteiger partial charge in [-0.25, -0.2) is 4.79 Å². The van der Waals surface area contributed by atoms with Crippen LogP contribution in [0.15, 0.2) is 53.0 Å². The molecule has 0 saturated carbocycles. The molecule has 0 aliphatic heterocycles. The van der Waals surface area contributed by atoms with Crippen molar-refractivity contribution >= 4 is 33.5 Å². The van der Waals surface area contributed by atoms with Crippen LogP contribution in [-0.4, -0.2) is 17.0 Å². The molecule has 6 heteroatoms. The molecule has 2 aromatic carbocycles. The maximum Gasteiger partial charge on any atom is 0.337 e.